The molecule has 1 aromatic carbocycles. The number of rotatable bonds is 6. The number of amides is 2. The van der Waals surface area contributed by atoms with Gasteiger partial charge in [0.05, 0.1) is 12.5 Å². The molecule has 1 aliphatic rings. The summed E-state index contributed by atoms with van der Waals surface area (Å²) in [6, 6.07) is 8.16. The SMILES string of the molecule is CC(C)N1CC(C(=O)NCc2ccc(Cn3cncn3)cc2)CC1=O. The lowest BCUT2D eigenvalue weighted by Crippen LogP contribution is -2.35. The highest BCUT2D eigenvalue weighted by molar-refractivity contribution is 5.89. The van der Waals surface area contributed by atoms with Gasteiger partial charge in [0, 0.05) is 25.6 Å². The Balaban J connectivity index is 1.50. The first kappa shape index (κ1) is 17.1. The molecule has 0 saturated carbocycles. The molecule has 1 unspecified atom stereocenters. The van der Waals surface area contributed by atoms with E-state index in [9.17, 15) is 9.59 Å². The molecule has 1 atom stereocenters. The quantitative estimate of drug-likeness (QED) is 0.856. The molecule has 7 heteroatoms. The van der Waals surface area contributed by atoms with Gasteiger partial charge in [0.15, 0.2) is 0 Å². The highest BCUT2D eigenvalue weighted by atomic mass is 16.2. The molecule has 1 aliphatic heterocycles. The first-order valence-electron chi connectivity index (χ1n) is 8.50. The molecular weight excluding hydrogens is 318 g/mol. The normalized spacial score (nSPS) is 17.3. The van der Waals surface area contributed by atoms with Gasteiger partial charge in [-0.05, 0) is 25.0 Å². The minimum atomic E-state index is -0.249. The lowest BCUT2D eigenvalue weighted by molar-refractivity contribution is -0.129. The average Bonchev–Trinajstić information content (AvgIpc) is 3.23. The first-order valence-corrected chi connectivity index (χ1v) is 8.50. The number of hydrogen-bond acceptors (Lipinski definition) is 4. The molecule has 132 valence electrons. The molecule has 3 rings (SSSR count). The topological polar surface area (TPSA) is 80.1 Å². The highest BCUT2D eigenvalue weighted by Gasteiger charge is 2.35. The Bertz CT molecular complexity index is 724. The molecule has 7 nitrogen and oxygen atoms in total. The third-order valence-corrected chi connectivity index (χ3v) is 4.45. The number of hydrogen-bond donors (Lipinski definition) is 1. The Morgan fingerprint density at radius 3 is 2.60 bits per heavy atom. The van der Waals surface area contributed by atoms with Crippen molar-refractivity contribution in [2.24, 2.45) is 5.92 Å². The van der Waals surface area contributed by atoms with Gasteiger partial charge < -0.3 is 10.2 Å². The Morgan fingerprint density at radius 2 is 2.00 bits per heavy atom. The van der Waals surface area contributed by atoms with Crippen molar-refractivity contribution in [1.29, 1.82) is 0 Å². The van der Waals surface area contributed by atoms with E-state index >= 15 is 0 Å². The van der Waals surface area contributed by atoms with Gasteiger partial charge in [-0.3, -0.25) is 9.59 Å². The molecule has 2 aromatic rings. The van der Waals surface area contributed by atoms with E-state index in [1.165, 1.54) is 6.33 Å². The molecule has 25 heavy (non-hydrogen) atoms. The van der Waals surface area contributed by atoms with E-state index < -0.39 is 0 Å². The predicted octanol–water partition coefficient (Wildman–Crippen LogP) is 1.20. The fraction of sp³-hybridized carbons (Fsp3) is 0.444. The number of carbonyl (C=O) groups excluding carboxylic acids is 2. The van der Waals surface area contributed by atoms with E-state index in [1.807, 2.05) is 38.1 Å². The summed E-state index contributed by atoms with van der Waals surface area (Å²) in [5.74, 6) is -0.239. The van der Waals surface area contributed by atoms with Crippen molar-refractivity contribution in [2.75, 3.05) is 6.54 Å². The van der Waals surface area contributed by atoms with Crippen LogP contribution in [-0.4, -0.2) is 44.1 Å². The van der Waals surface area contributed by atoms with Crippen molar-refractivity contribution >= 4 is 11.8 Å². The number of nitrogens with zero attached hydrogens (tertiary/aromatic N) is 4. The predicted molar refractivity (Wildman–Crippen MR) is 92.4 cm³/mol. The molecule has 1 aromatic heterocycles. The molecule has 0 spiro atoms. The van der Waals surface area contributed by atoms with Crippen LogP contribution in [0.5, 0.6) is 0 Å². The van der Waals surface area contributed by atoms with Gasteiger partial charge in [-0.1, -0.05) is 24.3 Å². The van der Waals surface area contributed by atoms with Crippen LogP contribution < -0.4 is 5.32 Å². The van der Waals surface area contributed by atoms with Crippen LogP contribution in [0.3, 0.4) is 0 Å². The zero-order valence-corrected chi connectivity index (χ0v) is 14.6. The summed E-state index contributed by atoms with van der Waals surface area (Å²) in [5, 5.41) is 7.02. The monoisotopic (exact) mass is 341 g/mol. The van der Waals surface area contributed by atoms with Crippen LogP contribution in [-0.2, 0) is 22.7 Å². The summed E-state index contributed by atoms with van der Waals surface area (Å²) in [6.07, 6.45) is 3.50. The van der Waals surface area contributed by atoms with Crippen LogP contribution in [0.2, 0.25) is 0 Å². The molecule has 2 amide bonds. The van der Waals surface area contributed by atoms with Crippen LogP contribution >= 0.6 is 0 Å². The zero-order chi connectivity index (χ0) is 17.8. The number of likely N-dealkylation sites (tertiary alicyclic amines) is 1. The Morgan fingerprint density at radius 1 is 1.28 bits per heavy atom. The molecule has 0 aliphatic carbocycles. The Hall–Kier alpha value is -2.70. The van der Waals surface area contributed by atoms with Gasteiger partial charge in [0.2, 0.25) is 11.8 Å². The second-order valence-corrected chi connectivity index (χ2v) is 6.67. The minimum absolute atomic E-state index is 0.0526. The number of aromatic nitrogens is 3. The number of benzene rings is 1. The van der Waals surface area contributed by atoms with Crippen LogP contribution in [0, 0.1) is 5.92 Å². The second kappa shape index (κ2) is 7.46. The van der Waals surface area contributed by atoms with Crippen LogP contribution in [0.4, 0.5) is 0 Å². The molecule has 0 radical (unpaired) electrons. The first-order chi connectivity index (χ1) is 12.0. The molecule has 1 fully saturated rings. The summed E-state index contributed by atoms with van der Waals surface area (Å²) in [7, 11) is 0. The highest BCUT2D eigenvalue weighted by Crippen LogP contribution is 2.20. The van der Waals surface area contributed by atoms with Crippen molar-refractivity contribution < 1.29 is 9.59 Å². The van der Waals surface area contributed by atoms with Crippen molar-refractivity contribution in [3.05, 3.63) is 48.0 Å². The lowest BCUT2D eigenvalue weighted by Gasteiger charge is -2.20. The third-order valence-electron chi connectivity index (χ3n) is 4.45. The maximum atomic E-state index is 12.3. The summed E-state index contributed by atoms with van der Waals surface area (Å²) < 4.78 is 1.76. The van der Waals surface area contributed by atoms with Gasteiger partial charge in [0.25, 0.3) is 0 Å². The van der Waals surface area contributed by atoms with Crippen LogP contribution in [0.25, 0.3) is 0 Å². The summed E-state index contributed by atoms with van der Waals surface area (Å²) >= 11 is 0. The van der Waals surface area contributed by atoms with Gasteiger partial charge in [-0.15, -0.1) is 0 Å². The molecule has 0 bridgehead atoms. The van der Waals surface area contributed by atoms with E-state index in [-0.39, 0.29) is 23.8 Å². The smallest absolute Gasteiger partial charge is 0.225 e. The van der Waals surface area contributed by atoms with Crippen LogP contribution in [0.15, 0.2) is 36.9 Å². The van der Waals surface area contributed by atoms with Gasteiger partial charge in [-0.2, -0.15) is 5.10 Å². The Labute approximate surface area is 147 Å². The molecule has 2 heterocycles. The fourth-order valence-electron chi connectivity index (χ4n) is 3.00. The standard InChI is InChI=1S/C18H23N5O2/c1-13(2)23-10-16(7-17(23)24)18(25)20-8-14-3-5-15(6-4-14)9-22-12-19-11-21-22/h3-6,11-13,16H,7-10H2,1-2H3,(H,20,25). The molecule has 1 saturated heterocycles. The van der Waals surface area contributed by atoms with E-state index in [0.717, 1.165) is 11.1 Å². The second-order valence-electron chi connectivity index (χ2n) is 6.67. The van der Waals surface area contributed by atoms with E-state index in [1.54, 1.807) is 15.9 Å². The summed E-state index contributed by atoms with van der Waals surface area (Å²) in [6.45, 7) is 5.59. The minimum Gasteiger partial charge on any atom is -0.352 e. The van der Waals surface area contributed by atoms with Gasteiger partial charge >= 0.3 is 0 Å². The largest absolute Gasteiger partial charge is 0.352 e. The van der Waals surface area contributed by atoms with Crippen LogP contribution in [0.1, 0.15) is 31.4 Å². The van der Waals surface area contributed by atoms with E-state index in [2.05, 4.69) is 15.4 Å². The molecule has 1 N–H and O–H groups in total. The van der Waals surface area contributed by atoms with E-state index in [4.69, 9.17) is 0 Å². The number of nitrogens with one attached hydrogen (secondary N) is 1. The van der Waals surface area contributed by atoms with Gasteiger partial charge in [0.1, 0.15) is 12.7 Å². The van der Waals surface area contributed by atoms with Crippen molar-refractivity contribution in [2.45, 2.75) is 39.4 Å². The molecular formula is C18H23N5O2. The van der Waals surface area contributed by atoms with Crippen molar-refractivity contribution in [3.63, 3.8) is 0 Å². The summed E-state index contributed by atoms with van der Waals surface area (Å²) in [5.41, 5.74) is 2.15. The third kappa shape index (κ3) is 4.23. The van der Waals surface area contributed by atoms with Crippen molar-refractivity contribution in [3.8, 4) is 0 Å². The Kier molecular flexibility index (Phi) is 5.11. The van der Waals surface area contributed by atoms with Gasteiger partial charge in [-0.25, -0.2) is 9.67 Å². The maximum Gasteiger partial charge on any atom is 0.225 e. The maximum absolute atomic E-state index is 12.3. The average molecular weight is 341 g/mol. The number of carbonyl (C=O) groups is 2. The zero-order valence-electron chi connectivity index (χ0n) is 14.6. The van der Waals surface area contributed by atoms with E-state index in [0.29, 0.717) is 26.1 Å². The fourth-order valence-corrected chi connectivity index (χ4v) is 3.00. The lowest BCUT2D eigenvalue weighted by atomic mass is 10.1. The van der Waals surface area contributed by atoms with Crippen molar-refractivity contribution in [1.82, 2.24) is 25.0 Å². The summed E-state index contributed by atoms with van der Waals surface area (Å²) in [4.78, 5) is 29.9.